The van der Waals surface area contributed by atoms with Crippen molar-refractivity contribution in [2.75, 3.05) is 13.2 Å². The summed E-state index contributed by atoms with van der Waals surface area (Å²) in [4.78, 5) is 12.7. The molecule has 0 bridgehead atoms. The van der Waals surface area contributed by atoms with Crippen LogP contribution in [0.4, 0.5) is 0 Å². The highest BCUT2D eigenvalue weighted by Crippen LogP contribution is 2.38. The number of rotatable bonds is 4. The van der Waals surface area contributed by atoms with Crippen LogP contribution in [0, 0.1) is 5.92 Å². The SMILES string of the molecule is CCOC1(C(=O)C2=COCCC2)CCCC(C)C1. The lowest BCUT2D eigenvalue weighted by atomic mass is 9.74. The van der Waals surface area contributed by atoms with Gasteiger partial charge in [0.2, 0.25) is 0 Å². The summed E-state index contributed by atoms with van der Waals surface area (Å²) in [6.45, 7) is 5.52. The van der Waals surface area contributed by atoms with Gasteiger partial charge in [-0.05, 0) is 44.9 Å². The first-order valence-corrected chi connectivity index (χ1v) is 7.17. The van der Waals surface area contributed by atoms with Crippen LogP contribution in [0.15, 0.2) is 11.8 Å². The van der Waals surface area contributed by atoms with Gasteiger partial charge in [0.1, 0.15) is 5.60 Å². The highest BCUT2D eigenvalue weighted by Gasteiger charge is 2.43. The molecule has 2 atom stereocenters. The normalized spacial score (nSPS) is 32.6. The molecule has 1 aliphatic heterocycles. The van der Waals surface area contributed by atoms with Crippen molar-refractivity contribution in [3.63, 3.8) is 0 Å². The van der Waals surface area contributed by atoms with Crippen molar-refractivity contribution in [2.45, 2.75) is 58.0 Å². The van der Waals surface area contributed by atoms with Crippen LogP contribution < -0.4 is 0 Å². The third-order valence-electron chi connectivity index (χ3n) is 4.02. The van der Waals surface area contributed by atoms with Gasteiger partial charge in [-0.2, -0.15) is 0 Å². The molecular formula is C15H24O3. The molecule has 3 nitrogen and oxygen atoms in total. The minimum Gasteiger partial charge on any atom is -0.501 e. The Bertz CT molecular complexity index is 331. The summed E-state index contributed by atoms with van der Waals surface area (Å²) in [6.07, 6.45) is 7.44. The zero-order valence-corrected chi connectivity index (χ0v) is 11.5. The van der Waals surface area contributed by atoms with E-state index >= 15 is 0 Å². The summed E-state index contributed by atoms with van der Waals surface area (Å²) in [5.41, 5.74) is 0.252. The van der Waals surface area contributed by atoms with Gasteiger partial charge < -0.3 is 9.47 Å². The topological polar surface area (TPSA) is 35.5 Å². The van der Waals surface area contributed by atoms with Crippen molar-refractivity contribution in [1.82, 2.24) is 0 Å². The molecule has 1 heterocycles. The fourth-order valence-corrected chi connectivity index (χ4v) is 3.21. The van der Waals surface area contributed by atoms with E-state index in [-0.39, 0.29) is 5.78 Å². The maximum Gasteiger partial charge on any atom is 0.193 e. The Labute approximate surface area is 110 Å². The monoisotopic (exact) mass is 252 g/mol. The third-order valence-corrected chi connectivity index (χ3v) is 4.02. The number of hydrogen-bond acceptors (Lipinski definition) is 3. The van der Waals surface area contributed by atoms with Crippen LogP contribution in [0.25, 0.3) is 0 Å². The van der Waals surface area contributed by atoms with Crippen molar-refractivity contribution < 1.29 is 14.3 Å². The Morgan fingerprint density at radius 3 is 3.00 bits per heavy atom. The molecule has 2 rings (SSSR count). The van der Waals surface area contributed by atoms with Gasteiger partial charge in [-0.15, -0.1) is 0 Å². The molecule has 1 fully saturated rings. The molecule has 3 heteroatoms. The lowest BCUT2D eigenvalue weighted by molar-refractivity contribution is -0.147. The Kier molecular flexibility index (Phi) is 4.44. The van der Waals surface area contributed by atoms with Gasteiger partial charge in [0.15, 0.2) is 5.78 Å². The van der Waals surface area contributed by atoms with Crippen molar-refractivity contribution in [3.05, 3.63) is 11.8 Å². The summed E-state index contributed by atoms with van der Waals surface area (Å²) in [5, 5.41) is 0. The van der Waals surface area contributed by atoms with Crippen LogP contribution in [-0.2, 0) is 14.3 Å². The molecule has 18 heavy (non-hydrogen) atoms. The lowest BCUT2D eigenvalue weighted by Crippen LogP contribution is -2.46. The van der Waals surface area contributed by atoms with E-state index in [1.165, 1.54) is 6.42 Å². The fraction of sp³-hybridized carbons (Fsp3) is 0.800. The second kappa shape index (κ2) is 5.87. The van der Waals surface area contributed by atoms with Crippen LogP contribution in [0.1, 0.15) is 52.4 Å². The smallest absolute Gasteiger partial charge is 0.193 e. The number of carbonyl (C=O) groups excluding carboxylic acids is 1. The Morgan fingerprint density at radius 2 is 2.39 bits per heavy atom. The van der Waals surface area contributed by atoms with Crippen LogP contribution in [0.3, 0.4) is 0 Å². The summed E-state index contributed by atoms with van der Waals surface area (Å²) in [6, 6.07) is 0. The number of ether oxygens (including phenoxy) is 2. The molecule has 0 amide bonds. The Morgan fingerprint density at radius 1 is 1.56 bits per heavy atom. The standard InChI is InChI=1S/C15H24O3/c1-3-18-15(8-4-6-12(2)10-15)14(16)13-7-5-9-17-11-13/h11-12H,3-10H2,1-2H3. The molecule has 0 aromatic heterocycles. The van der Waals surface area contributed by atoms with Gasteiger partial charge in [0.05, 0.1) is 12.9 Å². The average Bonchev–Trinajstić information content (AvgIpc) is 2.39. The van der Waals surface area contributed by atoms with E-state index < -0.39 is 5.60 Å². The first-order valence-electron chi connectivity index (χ1n) is 7.17. The molecule has 1 aliphatic carbocycles. The van der Waals surface area contributed by atoms with E-state index in [1.807, 2.05) is 6.92 Å². The molecule has 0 aromatic rings. The van der Waals surface area contributed by atoms with E-state index in [4.69, 9.17) is 9.47 Å². The molecule has 0 N–H and O–H groups in total. The maximum absolute atomic E-state index is 12.7. The molecule has 102 valence electrons. The predicted molar refractivity (Wildman–Crippen MR) is 70.3 cm³/mol. The first kappa shape index (κ1) is 13.6. The molecule has 0 saturated heterocycles. The number of Topliss-reactive ketones (excluding diaryl/α,β-unsaturated/α-hetero) is 1. The third kappa shape index (κ3) is 2.77. The average molecular weight is 252 g/mol. The molecule has 0 radical (unpaired) electrons. The van der Waals surface area contributed by atoms with Crippen LogP contribution in [0.5, 0.6) is 0 Å². The van der Waals surface area contributed by atoms with Crippen molar-refractivity contribution in [2.24, 2.45) is 5.92 Å². The van der Waals surface area contributed by atoms with Crippen LogP contribution in [0.2, 0.25) is 0 Å². The lowest BCUT2D eigenvalue weighted by Gasteiger charge is -2.39. The molecule has 0 spiro atoms. The zero-order valence-electron chi connectivity index (χ0n) is 11.5. The predicted octanol–water partition coefficient (Wildman–Crippen LogP) is 3.24. The number of ketones is 1. The Balaban J connectivity index is 2.17. The summed E-state index contributed by atoms with van der Waals surface area (Å²) >= 11 is 0. The van der Waals surface area contributed by atoms with Gasteiger partial charge >= 0.3 is 0 Å². The molecule has 2 unspecified atom stereocenters. The van der Waals surface area contributed by atoms with Gasteiger partial charge in [-0.1, -0.05) is 13.3 Å². The number of hydrogen-bond donors (Lipinski definition) is 0. The molecule has 2 aliphatic rings. The van der Waals surface area contributed by atoms with Crippen molar-refractivity contribution >= 4 is 5.78 Å². The van der Waals surface area contributed by atoms with E-state index in [1.54, 1.807) is 6.26 Å². The zero-order chi connectivity index (χ0) is 13.0. The largest absolute Gasteiger partial charge is 0.501 e. The maximum atomic E-state index is 12.7. The van der Waals surface area contributed by atoms with Gasteiger partial charge in [0, 0.05) is 12.2 Å². The highest BCUT2D eigenvalue weighted by atomic mass is 16.5. The van der Waals surface area contributed by atoms with E-state index in [2.05, 4.69) is 6.92 Å². The Hall–Kier alpha value is -0.830. The minimum absolute atomic E-state index is 0.176. The highest BCUT2D eigenvalue weighted by molar-refractivity contribution is 6.01. The molecule has 0 aromatic carbocycles. The summed E-state index contributed by atoms with van der Waals surface area (Å²) in [5.74, 6) is 0.745. The van der Waals surface area contributed by atoms with Crippen LogP contribution >= 0.6 is 0 Å². The van der Waals surface area contributed by atoms with E-state index in [0.29, 0.717) is 12.5 Å². The number of carbonyl (C=O) groups is 1. The summed E-state index contributed by atoms with van der Waals surface area (Å²) < 4.78 is 11.2. The van der Waals surface area contributed by atoms with Gasteiger partial charge in [-0.3, -0.25) is 4.79 Å². The van der Waals surface area contributed by atoms with Crippen LogP contribution in [-0.4, -0.2) is 24.6 Å². The second-order valence-electron chi connectivity index (χ2n) is 5.58. The fourth-order valence-electron chi connectivity index (χ4n) is 3.21. The quantitative estimate of drug-likeness (QED) is 0.770. The molecular weight excluding hydrogens is 228 g/mol. The first-order chi connectivity index (χ1) is 8.68. The second-order valence-corrected chi connectivity index (χ2v) is 5.58. The molecule has 1 saturated carbocycles. The minimum atomic E-state index is -0.570. The van der Waals surface area contributed by atoms with Crippen molar-refractivity contribution in [1.29, 1.82) is 0 Å². The van der Waals surface area contributed by atoms with Crippen molar-refractivity contribution in [3.8, 4) is 0 Å². The van der Waals surface area contributed by atoms with E-state index in [9.17, 15) is 4.79 Å². The van der Waals surface area contributed by atoms with Gasteiger partial charge in [0.25, 0.3) is 0 Å². The van der Waals surface area contributed by atoms with E-state index in [0.717, 1.165) is 44.3 Å². The van der Waals surface area contributed by atoms with Gasteiger partial charge in [-0.25, -0.2) is 0 Å². The summed E-state index contributed by atoms with van der Waals surface area (Å²) in [7, 11) is 0.